The van der Waals surface area contributed by atoms with E-state index in [0.29, 0.717) is 6.67 Å². The number of hydrogen-bond acceptors (Lipinski definition) is 3. The van der Waals surface area contributed by atoms with Crippen LogP contribution in [0.1, 0.15) is 0 Å². The summed E-state index contributed by atoms with van der Waals surface area (Å²) < 4.78 is 1.86. The zero-order chi connectivity index (χ0) is 6.53. The lowest BCUT2D eigenvalue weighted by atomic mass is 10.9. The van der Waals surface area contributed by atoms with Crippen LogP contribution < -0.4 is 5.48 Å². The van der Waals surface area contributed by atoms with Gasteiger partial charge in [-0.25, -0.2) is 4.98 Å². The predicted molar refractivity (Wildman–Crippen MR) is 32.4 cm³/mol. The van der Waals surface area contributed by atoms with Crippen molar-refractivity contribution >= 4 is 0 Å². The molecule has 0 saturated carbocycles. The van der Waals surface area contributed by atoms with Gasteiger partial charge in [0.05, 0.1) is 20.1 Å². The molecular formula is C5H9N3O. The second-order valence-electron chi connectivity index (χ2n) is 1.58. The van der Waals surface area contributed by atoms with E-state index in [9.17, 15) is 0 Å². The number of hydrogen-bond donors (Lipinski definition) is 1. The molecular weight excluding hydrogens is 118 g/mol. The summed E-state index contributed by atoms with van der Waals surface area (Å²) in [6, 6.07) is 0. The molecule has 4 heteroatoms. The maximum Gasteiger partial charge on any atom is 0.0967 e. The lowest BCUT2D eigenvalue weighted by Crippen LogP contribution is -2.15. The summed E-state index contributed by atoms with van der Waals surface area (Å²) in [5.41, 5.74) is 2.67. The summed E-state index contributed by atoms with van der Waals surface area (Å²) in [6.45, 7) is 0.635. The fraction of sp³-hybridized carbons (Fsp3) is 0.400. The van der Waals surface area contributed by atoms with Crippen LogP contribution in [-0.2, 0) is 11.5 Å². The lowest BCUT2D eigenvalue weighted by molar-refractivity contribution is 0.0704. The molecule has 0 unspecified atom stereocenters. The Morgan fingerprint density at radius 2 is 2.67 bits per heavy atom. The Kier molecular flexibility index (Phi) is 2.23. The van der Waals surface area contributed by atoms with Crippen molar-refractivity contribution in [2.45, 2.75) is 6.67 Å². The van der Waals surface area contributed by atoms with E-state index in [1.54, 1.807) is 19.6 Å². The Morgan fingerprint density at radius 1 is 1.78 bits per heavy atom. The van der Waals surface area contributed by atoms with Crippen molar-refractivity contribution < 1.29 is 4.84 Å². The number of rotatable bonds is 3. The molecule has 0 fully saturated rings. The smallest absolute Gasteiger partial charge is 0.0967 e. The molecule has 0 spiro atoms. The van der Waals surface area contributed by atoms with Crippen molar-refractivity contribution in [2.75, 3.05) is 7.11 Å². The molecule has 1 aromatic rings. The zero-order valence-corrected chi connectivity index (χ0v) is 5.24. The summed E-state index contributed by atoms with van der Waals surface area (Å²) in [6.07, 6.45) is 5.29. The van der Waals surface area contributed by atoms with Crippen LogP contribution in [0, 0.1) is 0 Å². The number of hydroxylamine groups is 1. The molecule has 4 nitrogen and oxygen atoms in total. The van der Waals surface area contributed by atoms with Gasteiger partial charge in [0, 0.05) is 12.4 Å². The Bertz CT molecular complexity index is 149. The summed E-state index contributed by atoms with van der Waals surface area (Å²) >= 11 is 0. The average Bonchev–Trinajstić information content (AvgIpc) is 2.34. The monoisotopic (exact) mass is 127 g/mol. The summed E-state index contributed by atoms with van der Waals surface area (Å²) in [4.78, 5) is 8.46. The third kappa shape index (κ3) is 1.83. The van der Waals surface area contributed by atoms with E-state index >= 15 is 0 Å². The van der Waals surface area contributed by atoms with Gasteiger partial charge in [0.1, 0.15) is 0 Å². The van der Waals surface area contributed by atoms with Gasteiger partial charge < -0.3 is 9.40 Å². The molecule has 1 N–H and O–H groups in total. The molecule has 1 heterocycles. The Morgan fingerprint density at radius 3 is 3.22 bits per heavy atom. The van der Waals surface area contributed by atoms with Crippen LogP contribution in [-0.4, -0.2) is 16.7 Å². The molecule has 0 amide bonds. The van der Waals surface area contributed by atoms with Gasteiger partial charge in [0.25, 0.3) is 0 Å². The van der Waals surface area contributed by atoms with Gasteiger partial charge in [0.2, 0.25) is 0 Å². The molecule has 1 rings (SSSR count). The highest BCUT2D eigenvalue weighted by atomic mass is 16.6. The Balaban J connectivity index is 2.30. The van der Waals surface area contributed by atoms with Crippen LogP contribution in [0.2, 0.25) is 0 Å². The fourth-order valence-electron chi connectivity index (χ4n) is 0.519. The van der Waals surface area contributed by atoms with Gasteiger partial charge in [-0.1, -0.05) is 0 Å². The van der Waals surface area contributed by atoms with Gasteiger partial charge in [-0.15, -0.1) is 0 Å². The number of nitrogens with one attached hydrogen (secondary N) is 1. The van der Waals surface area contributed by atoms with Crippen molar-refractivity contribution in [2.24, 2.45) is 0 Å². The first kappa shape index (κ1) is 6.25. The minimum Gasteiger partial charge on any atom is -0.322 e. The minimum atomic E-state index is 0.635. The Labute approximate surface area is 53.4 Å². The molecule has 0 aliphatic rings. The molecule has 0 aliphatic heterocycles. The summed E-state index contributed by atoms with van der Waals surface area (Å²) in [7, 11) is 1.58. The van der Waals surface area contributed by atoms with Crippen LogP contribution in [0.15, 0.2) is 18.7 Å². The van der Waals surface area contributed by atoms with Crippen LogP contribution in [0.4, 0.5) is 0 Å². The summed E-state index contributed by atoms with van der Waals surface area (Å²) in [5, 5.41) is 0. The standard InChI is InChI=1S/C5H9N3O/c1-9-7-5-8-3-2-6-4-8/h2-4,7H,5H2,1H3. The third-order valence-electron chi connectivity index (χ3n) is 0.951. The molecule has 0 aliphatic carbocycles. The average molecular weight is 127 g/mol. The quantitative estimate of drug-likeness (QED) is 0.580. The maximum atomic E-state index is 4.62. The number of imidazole rings is 1. The predicted octanol–water partition coefficient (Wildman–Crippen LogP) is -0.00840. The molecule has 9 heavy (non-hydrogen) atoms. The maximum absolute atomic E-state index is 4.62. The first-order valence-electron chi connectivity index (χ1n) is 2.65. The van der Waals surface area contributed by atoms with E-state index in [-0.39, 0.29) is 0 Å². The van der Waals surface area contributed by atoms with Crippen LogP contribution in [0.5, 0.6) is 0 Å². The van der Waals surface area contributed by atoms with Crippen LogP contribution >= 0.6 is 0 Å². The van der Waals surface area contributed by atoms with Crippen molar-refractivity contribution in [3.05, 3.63) is 18.7 Å². The van der Waals surface area contributed by atoms with Crippen molar-refractivity contribution in [1.29, 1.82) is 0 Å². The van der Waals surface area contributed by atoms with Crippen molar-refractivity contribution in [1.82, 2.24) is 15.0 Å². The van der Waals surface area contributed by atoms with Crippen molar-refractivity contribution in [3.8, 4) is 0 Å². The molecule has 0 bridgehead atoms. The highest BCUT2D eigenvalue weighted by Gasteiger charge is 1.83. The van der Waals surface area contributed by atoms with E-state index in [1.807, 2.05) is 10.8 Å². The van der Waals surface area contributed by atoms with Crippen LogP contribution in [0.3, 0.4) is 0 Å². The second-order valence-corrected chi connectivity index (χ2v) is 1.58. The molecule has 0 saturated heterocycles. The van der Waals surface area contributed by atoms with E-state index in [2.05, 4.69) is 15.3 Å². The largest absolute Gasteiger partial charge is 0.322 e. The normalized spacial score (nSPS) is 9.89. The van der Waals surface area contributed by atoms with E-state index in [1.165, 1.54) is 0 Å². The van der Waals surface area contributed by atoms with Gasteiger partial charge in [-0.3, -0.25) is 0 Å². The lowest BCUT2D eigenvalue weighted by Gasteiger charge is -1.99. The molecule has 0 aromatic carbocycles. The van der Waals surface area contributed by atoms with Crippen LogP contribution in [0.25, 0.3) is 0 Å². The number of aromatic nitrogens is 2. The van der Waals surface area contributed by atoms with E-state index in [0.717, 1.165) is 0 Å². The Hall–Kier alpha value is -0.870. The first-order valence-corrected chi connectivity index (χ1v) is 2.65. The van der Waals surface area contributed by atoms with E-state index < -0.39 is 0 Å². The van der Waals surface area contributed by atoms with Gasteiger partial charge in [-0.2, -0.15) is 5.48 Å². The molecule has 0 atom stereocenters. The highest BCUT2D eigenvalue weighted by molar-refractivity contribution is 4.72. The molecule has 0 radical (unpaired) electrons. The summed E-state index contributed by atoms with van der Waals surface area (Å²) in [5.74, 6) is 0. The zero-order valence-electron chi connectivity index (χ0n) is 5.24. The van der Waals surface area contributed by atoms with Gasteiger partial charge in [-0.05, 0) is 0 Å². The molecule has 1 aromatic heterocycles. The first-order chi connectivity index (χ1) is 4.43. The SMILES string of the molecule is CONCn1ccnc1. The topological polar surface area (TPSA) is 39.1 Å². The number of nitrogens with zero attached hydrogens (tertiary/aromatic N) is 2. The third-order valence-corrected chi connectivity index (χ3v) is 0.951. The highest BCUT2D eigenvalue weighted by Crippen LogP contribution is 1.80. The van der Waals surface area contributed by atoms with E-state index in [4.69, 9.17) is 0 Å². The molecule has 50 valence electrons. The van der Waals surface area contributed by atoms with Gasteiger partial charge in [0.15, 0.2) is 0 Å². The van der Waals surface area contributed by atoms with Crippen molar-refractivity contribution in [3.63, 3.8) is 0 Å². The van der Waals surface area contributed by atoms with Gasteiger partial charge >= 0.3 is 0 Å². The second kappa shape index (κ2) is 3.21. The fourth-order valence-corrected chi connectivity index (χ4v) is 0.519. The minimum absolute atomic E-state index is 0.635.